The van der Waals surface area contributed by atoms with Crippen LogP contribution in [0.3, 0.4) is 0 Å². The van der Waals surface area contributed by atoms with Crippen molar-refractivity contribution < 1.29 is 32.6 Å². The number of aromatic amines is 1. The molecule has 3 aromatic carbocycles. The van der Waals surface area contributed by atoms with Gasteiger partial charge in [0.05, 0.1) is 17.3 Å². The van der Waals surface area contributed by atoms with Gasteiger partial charge in [0, 0.05) is 23.4 Å². The fourth-order valence-electron chi connectivity index (χ4n) is 6.69. The number of rotatable bonds is 12. The highest BCUT2D eigenvalue weighted by Gasteiger charge is 2.54. The number of aromatic nitrogens is 5. The molecule has 0 spiro atoms. The standard InChI is InChI=1S/C40H40ClF2N9O5/c1-39(2,3)22-40(28-12-9-25(10-13-28)27-18-46-51(19-27)35(42)43)34(53)52(36(49-40)48-38(55)56-20-24-7-5-4-6-8-24)32(21-57-37(54)47-29-14-15-29)26-11-16-31(41)30(17-26)33-44-23-45-50-33/h4-13,16-19,23,29,32,35H,14-15,20-22H2,1-3H3,(H,47,54)(H,44,45,50)(H,48,49,55). The van der Waals surface area contributed by atoms with Crippen molar-refractivity contribution in [1.29, 1.82) is 0 Å². The number of benzene rings is 3. The van der Waals surface area contributed by atoms with Crippen LogP contribution in [0.25, 0.3) is 22.5 Å². The number of carbonyl (C=O) groups is 3. The first kappa shape index (κ1) is 39.1. The highest BCUT2D eigenvalue weighted by molar-refractivity contribution is 6.33. The summed E-state index contributed by atoms with van der Waals surface area (Å²) < 4.78 is 38.6. The van der Waals surface area contributed by atoms with Gasteiger partial charge in [0.2, 0.25) is 5.96 Å². The molecule has 7 rings (SSSR count). The Balaban J connectivity index is 1.32. The summed E-state index contributed by atoms with van der Waals surface area (Å²) in [5.74, 6) is -0.308. The number of carbonyl (C=O) groups excluding carboxylic acids is 3. The van der Waals surface area contributed by atoms with Gasteiger partial charge >= 0.3 is 18.7 Å². The number of aliphatic imine (C=N–C) groups is 1. The predicted molar refractivity (Wildman–Crippen MR) is 206 cm³/mol. The third-order valence-electron chi connectivity index (χ3n) is 9.44. The lowest BCUT2D eigenvalue weighted by atomic mass is 9.75. The van der Waals surface area contributed by atoms with Crippen LogP contribution in [0, 0.1) is 5.41 Å². The van der Waals surface area contributed by atoms with E-state index in [0.29, 0.717) is 43.3 Å². The summed E-state index contributed by atoms with van der Waals surface area (Å²) >= 11 is 6.62. The van der Waals surface area contributed by atoms with Crippen LogP contribution in [0.4, 0.5) is 18.4 Å². The molecule has 0 bridgehead atoms. The molecule has 1 aliphatic carbocycles. The van der Waals surface area contributed by atoms with Crippen LogP contribution >= 0.6 is 11.6 Å². The zero-order valence-corrected chi connectivity index (χ0v) is 32.0. The number of alkyl carbamates (subject to hydrolysis) is 2. The first-order valence-corrected chi connectivity index (χ1v) is 18.6. The molecule has 17 heteroatoms. The molecular formula is C40H40ClF2N9O5. The number of hydrogen-bond donors (Lipinski definition) is 3. The first-order valence-electron chi connectivity index (χ1n) is 18.2. The van der Waals surface area contributed by atoms with Crippen molar-refractivity contribution in [2.45, 2.75) is 70.8 Å². The second kappa shape index (κ2) is 16.1. The molecule has 0 radical (unpaired) electrons. The Morgan fingerprint density at radius 1 is 1.02 bits per heavy atom. The monoisotopic (exact) mass is 799 g/mol. The average molecular weight is 800 g/mol. The topological polar surface area (TPSA) is 169 Å². The molecule has 5 aromatic rings. The van der Waals surface area contributed by atoms with Crippen molar-refractivity contribution in [3.63, 3.8) is 0 Å². The number of guanidine groups is 1. The molecule has 57 heavy (non-hydrogen) atoms. The van der Waals surface area contributed by atoms with E-state index in [1.54, 1.807) is 54.6 Å². The van der Waals surface area contributed by atoms with Gasteiger partial charge in [-0.3, -0.25) is 20.1 Å². The minimum atomic E-state index is -2.81. The van der Waals surface area contributed by atoms with Gasteiger partial charge in [-0.1, -0.05) is 93.0 Å². The molecule has 3 heterocycles. The van der Waals surface area contributed by atoms with Crippen LogP contribution in [0.2, 0.25) is 5.02 Å². The molecule has 0 saturated heterocycles. The van der Waals surface area contributed by atoms with Crippen molar-refractivity contribution in [2.75, 3.05) is 6.61 Å². The number of nitrogens with one attached hydrogen (secondary N) is 3. The minimum Gasteiger partial charge on any atom is -0.447 e. The second-order valence-electron chi connectivity index (χ2n) is 15.1. The molecule has 2 unspecified atom stereocenters. The smallest absolute Gasteiger partial charge is 0.414 e. The van der Waals surface area contributed by atoms with E-state index < -0.39 is 41.6 Å². The molecule has 3 amide bonds. The molecule has 1 fully saturated rings. The predicted octanol–water partition coefficient (Wildman–Crippen LogP) is 7.77. The number of hydrogen-bond acceptors (Lipinski definition) is 9. The van der Waals surface area contributed by atoms with Crippen LogP contribution in [-0.2, 0) is 26.4 Å². The first-order chi connectivity index (χ1) is 27.3. The Labute approximate surface area is 331 Å². The van der Waals surface area contributed by atoms with E-state index in [1.165, 1.54) is 23.6 Å². The zero-order chi connectivity index (χ0) is 40.3. The fraction of sp³-hybridized carbons (Fsp3) is 0.325. The average Bonchev–Trinajstić information content (AvgIpc) is 3.52. The van der Waals surface area contributed by atoms with E-state index >= 15 is 4.79 Å². The maximum atomic E-state index is 15.4. The number of amides is 3. The molecule has 14 nitrogen and oxygen atoms in total. The van der Waals surface area contributed by atoms with Crippen molar-refractivity contribution >= 4 is 35.7 Å². The summed E-state index contributed by atoms with van der Waals surface area (Å²) in [6, 6.07) is 19.9. The Kier molecular flexibility index (Phi) is 11.1. The van der Waals surface area contributed by atoms with Gasteiger partial charge in [0.1, 0.15) is 19.5 Å². The van der Waals surface area contributed by atoms with E-state index in [0.717, 1.165) is 18.4 Å². The molecule has 2 aromatic heterocycles. The quantitative estimate of drug-likeness (QED) is 0.115. The van der Waals surface area contributed by atoms with E-state index in [2.05, 4.69) is 30.9 Å². The number of ether oxygens (including phenoxy) is 2. The number of H-pyrrole nitrogens is 1. The molecular weight excluding hydrogens is 760 g/mol. The van der Waals surface area contributed by atoms with Crippen molar-refractivity contribution in [3.05, 3.63) is 113 Å². The normalized spacial score (nSPS) is 17.4. The summed E-state index contributed by atoms with van der Waals surface area (Å²) in [5, 5.41) is 16.4. The molecule has 3 N–H and O–H groups in total. The lowest BCUT2D eigenvalue weighted by Gasteiger charge is -2.35. The lowest BCUT2D eigenvalue weighted by molar-refractivity contribution is -0.135. The van der Waals surface area contributed by atoms with Crippen LogP contribution in [-0.4, -0.2) is 66.6 Å². The molecule has 1 saturated carbocycles. The minimum absolute atomic E-state index is 0.00301. The zero-order valence-electron chi connectivity index (χ0n) is 31.3. The van der Waals surface area contributed by atoms with E-state index in [1.807, 2.05) is 39.0 Å². The van der Waals surface area contributed by atoms with Gasteiger partial charge in [-0.2, -0.15) is 19.0 Å². The van der Waals surface area contributed by atoms with E-state index in [-0.39, 0.29) is 31.6 Å². The highest BCUT2D eigenvalue weighted by Crippen LogP contribution is 2.46. The Morgan fingerprint density at radius 3 is 2.42 bits per heavy atom. The van der Waals surface area contributed by atoms with Crippen LogP contribution in [0.1, 0.15) is 69.3 Å². The number of nitrogens with zero attached hydrogens (tertiary/aromatic N) is 6. The molecule has 2 aliphatic rings. The summed E-state index contributed by atoms with van der Waals surface area (Å²) in [6.07, 6.45) is 4.18. The molecule has 2 atom stereocenters. The third kappa shape index (κ3) is 8.96. The second-order valence-corrected chi connectivity index (χ2v) is 15.5. The Bertz CT molecular complexity index is 2260. The summed E-state index contributed by atoms with van der Waals surface area (Å²) in [6.45, 7) is 2.66. The summed E-state index contributed by atoms with van der Waals surface area (Å²) in [7, 11) is 0. The van der Waals surface area contributed by atoms with Crippen LogP contribution < -0.4 is 10.6 Å². The maximum Gasteiger partial charge on any atom is 0.414 e. The molecule has 296 valence electrons. The summed E-state index contributed by atoms with van der Waals surface area (Å²) in [4.78, 5) is 52.6. The van der Waals surface area contributed by atoms with Gasteiger partial charge in [-0.25, -0.2) is 24.2 Å². The highest BCUT2D eigenvalue weighted by atomic mass is 35.5. The summed E-state index contributed by atoms with van der Waals surface area (Å²) in [5.41, 5.74) is 1.04. The van der Waals surface area contributed by atoms with Crippen LogP contribution in [0.5, 0.6) is 0 Å². The number of halogens is 3. The SMILES string of the molecule is CC(C)(C)CC1(c2ccc(-c3cnn(C(F)F)c3)cc2)N=C(NC(=O)OCc2ccccc2)N(C(COC(=O)NC2CC2)c2ccc(Cl)c(-c3ncn[nH]3)c2)C1=O. The van der Waals surface area contributed by atoms with Crippen molar-refractivity contribution in [2.24, 2.45) is 10.4 Å². The van der Waals surface area contributed by atoms with E-state index in [9.17, 15) is 18.4 Å². The van der Waals surface area contributed by atoms with Gasteiger partial charge in [-0.05, 0) is 59.1 Å². The largest absolute Gasteiger partial charge is 0.447 e. The van der Waals surface area contributed by atoms with Gasteiger partial charge in [-0.15, -0.1) is 0 Å². The maximum absolute atomic E-state index is 15.4. The Morgan fingerprint density at radius 2 is 1.77 bits per heavy atom. The number of alkyl halides is 2. The Hall–Kier alpha value is -6.16. The fourth-order valence-corrected chi connectivity index (χ4v) is 6.90. The van der Waals surface area contributed by atoms with Crippen molar-refractivity contribution in [1.82, 2.24) is 40.5 Å². The van der Waals surface area contributed by atoms with Crippen LogP contribution in [0.15, 0.2) is 96.5 Å². The van der Waals surface area contributed by atoms with Gasteiger partial charge in [0.25, 0.3) is 5.91 Å². The lowest BCUT2D eigenvalue weighted by Crippen LogP contribution is -2.50. The van der Waals surface area contributed by atoms with E-state index in [4.69, 9.17) is 26.1 Å². The molecule has 1 aliphatic heterocycles. The van der Waals surface area contributed by atoms with Crippen molar-refractivity contribution in [3.8, 4) is 22.5 Å². The van der Waals surface area contributed by atoms with Gasteiger partial charge < -0.3 is 14.8 Å². The third-order valence-corrected chi connectivity index (χ3v) is 9.77. The van der Waals surface area contributed by atoms with Gasteiger partial charge in [0.15, 0.2) is 11.4 Å².